The molecule has 1 atom stereocenters. The number of methoxy groups -OCH3 is 1. The average molecular weight is 522 g/mol. The summed E-state index contributed by atoms with van der Waals surface area (Å²) in [5.41, 5.74) is -0.463. The van der Waals surface area contributed by atoms with Crippen molar-refractivity contribution < 1.29 is 32.7 Å². The van der Waals surface area contributed by atoms with Gasteiger partial charge in [0, 0.05) is 37.1 Å². The highest BCUT2D eigenvalue weighted by Crippen LogP contribution is 2.39. The Kier molecular flexibility index (Phi) is 7.15. The summed E-state index contributed by atoms with van der Waals surface area (Å²) in [6.07, 6.45) is 2.12. The van der Waals surface area contributed by atoms with Gasteiger partial charge in [-0.25, -0.2) is 4.39 Å². The van der Waals surface area contributed by atoms with Gasteiger partial charge in [-0.1, -0.05) is 12.1 Å². The third-order valence-corrected chi connectivity index (χ3v) is 7.02. The first-order chi connectivity index (χ1) is 18.4. The number of nitrogens with one attached hydrogen (secondary N) is 1. The van der Waals surface area contributed by atoms with Gasteiger partial charge in [0.2, 0.25) is 5.91 Å². The van der Waals surface area contributed by atoms with Crippen LogP contribution in [0.25, 0.3) is 0 Å². The molecule has 10 heteroatoms. The third-order valence-electron chi connectivity index (χ3n) is 7.02. The summed E-state index contributed by atoms with van der Waals surface area (Å²) in [6.45, 7) is 0.736. The number of hydrogen-bond acceptors (Lipinski definition) is 6. The van der Waals surface area contributed by atoms with E-state index in [0.717, 1.165) is 0 Å². The second-order valence-corrected chi connectivity index (χ2v) is 9.28. The van der Waals surface area contributed by atoms with Crippen molar-refractivity contribution >= 4 is 17.7 Å². The molecule has 3 aromatic rings. The summed E-state index contributed by atoms with van der Waals surface area (Å²) in [5, 5.41) is 2.83. The monoisotopic (exact) mass is 521 g/mol. The maximum Gasteiger partial charge on any atom is 0.257 e. The average Bonchev–Trinajstić information content (AvgIpc) is 3.60. The number of furan rings is 1. The summed E-state index contributed by atoms with van der Waals surface area (Å²) >= 11 is 0. The van der Waals surface area contributed by atoms with Gasteiger partial charge in [0.05, 0.1) is 26.5 Å². The summed E-state index contributed by atoms with van der Waals surface area (Å²) in [5.74, 6) is -0.420. The Morgan fingerprint density at radius 2 is 1.76 bits per heavy atom. The van der Waals surface area contributed by atoms with Crippen LogP contribution in [0.3, 0.4) is 0 Å². The van der Waals surface area contributed by atoms with Crippen molar-refractivity contribution in [3.63, 3.8) is 0 Å². The quantitative estimate of drug-likeness (QED) is 0.535. The van der Waals surface area contributed by atoms with Crippen molar-refractivity contribution in [2.75, 3.05) is 26.8 Å². The largest absolute Gasteiger partial charge is 0.497 e. The van der Waals surface area contributed by atoms with Crippen molar-refractivity contribution in [2.24, 2.45) is 0 Å². The molecule has 2 aliphatic rings. The van der Waals surface area contributed by atoms with Crippen molar-refractivity contribution in [1.29, 1.82) is 0 Å². The lowest BCUT2D eigenvalue weighted by atomic mass is 9.96. The van der Waals surface area contributed by atoms with Crippen LogP contribution in [0.2, 0.25) is 0 Å². The van der Waals surface area contributed by atoms with Crippen LogP contribution in [-0.2, 0) is 16.1 Å². The number of benzene rings is 2. The summed E-state index contributed by atoms with van der Waals surface area (Å²) < 4.78 is 30.5. The van der Waals surface area contributed by atoms with Gasteiger partial charge in [0.1, 0.15) is 29.1 Å². The van der Waals surface area contributed by atoms with Crippen molar-refractivity contribution in [3.05, 3.63) is 89.6 Å². The van der Waals surface area contributed by atoms with Gasteiger partial charge in [-0.15, -0.1) is 0 Å². The molecule has 38 heavy (non-hydrogen) atoms. The fourth-order valence-electron chi connectivity index (χ4n) is 5.03. The summed E-state index contributed by atoms with van der Waals surface area (Å²) in [4.78, 5) is 43.3. The number of piperidine rings is 1. The van der Waals surface area contributed by atoms with Crippen LogP contribution in [0.15, 0.2) is 71.3 Å². The molecule has 0 aliphatic carbocycles. The van der Waals surface area contributed by atoms with Gasteiger partial charge >= 0.3 is 0 Å². The molecule has 1 aromatic heterocycles. The molecule has 3 heterocycles. The summed E-state index contributed by atoms with van der Waals surface area (Å²) in [7, 11) is 1.51. The van der Waals surface area contributed by atoms with Crippen molar-refractivity contribution in [3.8, 4) is 5.75 Å². The first kappa shape index (κ1) is 25.5. The van der Waals surface area contributed by atoms with E-state index in [0.29, 0.717) is 29.9 Å². The Bertz CT molecular complexity index is 1320. The van der Waals surface area contributed by atoms with E-state index in [1.54, 1.807) is 47.4 Å². The zero-order valence-electron chi connectivity index (χ0n) is 20.9. The van der Waals surface area contributed by atoms with Gasteiger partial charge in [-0.05, 0) is 48.5 Å². The molecule has 1 N–H and O–H groups in total. The van der Waals surface area contributed by atoms with Crippen LogP contribution < -0.4 is 10.1 Å². The number of ether oxygens (including phenoxy) is 2. The van der Waals surface area contributed by atoms with Gasteiger partial charge in [0.15, 0.2) is 0 Å². The normalized spacial score (nSPS) is 18.4. The molecule has 0 unspecified atom stereocenters. The number of carbonyl (C=O) groups is 3. The minimum absolute atomic E-state index is 0.0114. The number of carbonyl (C=O) groups excluding carboxylic acids is 3. The lowest BCUT2D eigenvalue weighted by molar-refractivity contribution is -0.128. The number of amides is 3. The number of halogens is 1. The predicted octanol–water partition coefficient (Wildman–Crippen LogP) is 3.22. The van der Waals surface area contributed by atoms with Crippen LogP contribution in [0.5, 0.6) is 5.75 Å². The Morgan fingerprint density at radius 1 is 1.03 bits per heavy atom. The smallest absolute Gasteiger partial charge is 0.257 e. The van der Waals surface area contributed by atoms with E-state index in [9.17, 15) is 18.8 Å². The SMILES string of the molecule is COc1cccc(C(=O)N2[C@@H](C(=O)NCc3ccco3)COC23CCN(C(=O)c2cccc(F)c2)CC3)c1. The van der Waals surface area contributed by atoms with Crippen LogP contribution >= 0.6 is 0 Å². The minimum Gasteiger partial charge on any atom is -0.497 e. The summed E-state index contributed by atoms with van der Waals surface area (Å²) in [6, 6.07) is 14.9. The van der Waals surface area contributed by atoms with E-state index in [4.69, 9.17) is 13.9 Å². The van der Waals surface area contributed by atoms with Gasteiger partial charge in [-0.2, -0.15) is 0 Å². The maximum atomic E-state index is 13.9. The van der Waals surface area contributed by atoms with E-state index in [-0.39, 0.29) is 49.5 Å². The van der Waals surface area contributed by atoms with Crippen LogP contribution in [0, 0.1) is 5.82 Å². The number of likely N-dealkylation sites (tertiary alicyclic amines) is 1. The first-order valence-electron chi connectivity index (χ1n) is 12.4. The number of nitrogens with zero attached hydrogens (tertiary/aromatic N) is 2. The lowest BCUT2D eigenvalue weighted by Gasteiger charge is -2.44. The van der Waals surface area contributed by atoms with E-state index < -0.39 is 17.6 Å². The van der Waals surface area contributed by atoms with Gasteiger partial charge in [0.25, 0.3) is 11.8 Å². The number of rotatable bonds is 6. The zero-order valence-corrected chi connectivity index (χ0v) is 20.9. The molecular weight excluding hydrogens is 493 g/mol. The molecule has 2 aromatic carbocycles. The third kappa shape index (κ3) is 4.99. The first-order valence-corrected chi connectivity index (χ1v) is 12.4. The Morgan fingerprint density at radius 3 is 2.45 bits per heavy atom. The van der Waals surface area contributed by atoms with Gasteiger partial charge < -0.3 is 24.1 Å². The number of hydrogen-bond donors (Lipinski definition) is 1. The van der Waals surface area contributed by atoms with E-state index in [2.05, 4.69) is 5.32 Å². The molecule has 9 nitrogen and oxygen atoms in total. The topological polar surface area (TPSA) is 101 Å². The fraction of sp³-hybridized carbons (Fsp3) is 0.321. The molecule has 5 rings (SSSR count). The highest BCUT2D eigenvalue weighted by Gasteiger charge is 2.54. The molecule has 2 fully saturated rings. The highest BCUT2D eigenvalue weighted by molar-refractivity contribution is 5.99. The standard InChI is InChI=1S/C28H28FN3O6/c1-36-22-8-3-6-20(16-22)27(35)32-24(25(33)30-17-23-9-4-14-37-23)18-38-28(32)10-12-31(13-11-28)26(34)19-5-2-7-21(29)15-19/h2-9,14-16,24H,10-13,17-18H2,1H3,(H,30,33)/t24-/m1/s1. The van der Waals surface area contributed by atoms with E-state index >= 15 is 0 Å². The molecule has 0 radical (unpaired) electrons. The molecule has 0 bridgehead atoms. The Labute approximate surface area is 219 Å². The predicted molar refractivity (Wildman–Crippen MR) is 134 cm³/mol. The molecule has 0 saturated carbocycles. The van der Waals surface area contributed by atoms with Gasteiger partial charge in [-0.3, -0.25) is 19.3 Å². The molecule has 2 saturated heterocycles. The van der Waals surface area contributed by atoms with Crippen LogP contribution in [-0.4, -0.2) is 66.1 Å². The molecular formula is C28H28FN3O6. The maximum absolute atomic E-state index is 13.9. The minimum atomic E-state index is -1.08. The zero-order chi connectivity index (χ0) is 26.7. The molecule has 2 aliphatic heterocycles. The van der Waals surface area contributed by atoms with Crippen molar-refractivity contribution in [1.82, 2.24) is 15.1 Å². The van der Waals surface area contributed by atoms with Crippen LogP contribution in [0.4, 0.5) is 4.39 Å². The second-order valence-electron chi connectivity index (χ2n) is 9.28. The fourth-order valence-corrected chi connectivity index (χ4v) is 5.03. The second kappa shape index (κ2) is 10.7. The highest BCUT2D eigenvalue weighted by atomic mass is 19.1. The van der Waals surface area contributed by atoms with E-state index in [1.807, 2.05) is 0 Å². The Balaban J connectivity index is 1.38. The van der Waals surface area contributed by atoms with E-state index in [1.165, 1.54) is 36.5 Å². The van der Waals surface area contributed by atoms with Crippen LogP contribution in [0.1, 0.15) is 39.3 Å². The molecule has 198 valence electrons. The molecule has 3 amide bonds. The molecule has 1 spiro atoms. The van der Waals surface area contributed by atoms with Crippen molar-refractivity contribution in [2.45, 2.75) is 31.2 Å². The Hall–Kier alpha value is -4.18. The lowest BCUT2D eigenvalue weighted by Crippen LogP contribution is -2.59.